The molecule has 0 saturated carbocycles. The minimum Gasteiger partial charge on any atom is -0.475 e. The molecule has 0 amide bonds. The predicted molar refractivity (Wildman–Crippen MR) is 77.5 cm³/mol. The lowest BCUT2D eigenvalue weighted by Crippen LogP contribution is -2.14. The SMILES string of the molecule is CS(=O)(=O)C1=CCCC(c2cc(Cl)c(Cl)c(Cl)c2)O1. The first-order valence-corrected chi connectivity index (χ1v) is 8.53. The average Bonchev–Trinajstić information content (AvgIpc) is 2.34. The molecule has 0 spiro atoms. The van der Waals surface area contributed by atoms with Gasteiger partial charge in [0.05, 0.1) is 15.1 Å². The van der Waals surface area contributed by atoms with Crippen LogP contribution in [0.3, 0.4) is 0 Å². The van der Waals surface area contributed by atoms with E-state index in [1.807, 2.05) is 0 Å². The summed E-state index contributed by atoms with van der Waals surface area (Å²) in [6.45, 7) is 0. The molecule has 0 fully saturated rings. The van der Waals surface area contributed by atoms with E-state index in [0.717, 1.165) is 6.26 Å². The van der Waals surface area contributed by atoms with E-state index in [1.165, 1.54) is 0 Å². The quantitative estimate of drug-likeness (QED) is 0.750. The van der Waals surface area contributed by atoms with Gasteiger partial charge >= 0.3 is 0 Å². The molecule has 1 unspecified atom stereocenters. The molecule has 1 aromatic carbocycles. The van der Waals surface area contributed by atoms with Crippen molar-refractivity contribution >= 4 is 44.6 Å². The molecule has 3 nitrogen and oxygen atoms in total. The van der Waals surface area contributed by atoms with Gasteiger partial charge in [0.1, 0.15) is 6.10 Å². The van der Waals surface area contributed by atoms with Gasteiger partial charge < -0.3 is 4.74 Å². The van der Waals surface area contributed by atoms with Gasteiger partial charge in [-0.2, -0.15) is 0 Å². The van der Waals surface area contributed by atoms with E-state index in [0.29, 0.717) is 28.5 Å². The highest BCUT2D eigenvalue weighted by Crippen LogP contribution is 2.38. The Labute approximate surface area is 127 Å². The normalized spacial score (nSPS) is 19.8. The number of hydrogen-bond donors (Lipinski definition) is 0. The summed E-state index contributed by atoms with van der Waals surface area (Å²) >= 11 is 17.8. The summed E-state index contributed by atoms with van der Waals surface area (Å²) < 4.78 is 28.5. The summed E-state index contributed by atoms with van der Waals surface area (Å²) in [5.41, 5.74) is 0.716. The topological polar surface area (TPSA) is 43.4 Å². The third-order valence-corrected chi connectivity index (χ3v) is 4.93. The summed E-state index contributed by atoms with van der Waals surface area (Å²) in [7, 11) is -3.35. The molecule has 0 radical (unpaired) electrons. The van der Waals surface area contributed by atoms with Gasteiger partial charge in [-0.05, 0) is 36.6 Å². The lowest BCUT2D eigenvalue weighted by molar-refractivity contribution is 0.113. The molecule has 0 aliphatic carbocycles. The molecule has 2 rings (SSSR count). The fourth-order valence-electron chi connectivity index (χ4n) is 1.83. The van der Waals surface area contributed by atoms with Crippen molar-refractivity contribution in [1.29, 1.82) is 0 Å². The van der Waals surface area contributed by atoms with Crippen LogP contribution in [0.15, 0.2) is 23.3 Å². The number of benzene rings is 1. The Balaban J connectivity index is 2.32. The highest BCUT2D eigenvalue weighted by molar-refractivity contribution is 7.94. The molecule has 1 atom stereocenters. The van der Waals surface area contributed by atoms with Gasteiger partial charge in [-0.3, -0.25) is 0 Å². The predicted octanol–water partition coefficient (Wildman–Crippen LogP) is 4.38. The van der Waals surface area contributed by atoms with Crippen molar-refractivity contribution in [2.75, 3.05) is 6.26 Å². The van der Waals surface area contributed by atoms with Gasteiger partial charge in [0, 0.05) is 6.26 Å². The third kappa shape index (κ3) is 3.37. The number of ether oxygens (including phenoxy) is 1. The molecule has 1 aliphatic heterocycles. The number of hydrogen-bond acceptors (Lipinski definition) is 3. The van der Waals surface area contributed by atoms with Crippen LogP contribution in [0.4, 0.5) is 0 Å². The van der Waals surface area contributed by atoms with E-state index >= 15 is 0 Å². The van der Waals surface area contributed by atoms with Crippen LogP contribution < -0.4 is 0 Å². The molecular formula is C12H11Cl3O3S. The van der Waals surface area contributed by atoms with Gasteiger partial charge in [0.15, 0.2) is 0 Å². The molecule has 19 heavy (non-hydrogen) atoms. The Morgan fingerprint density at radius 2 is 1.79 bits per heavy atom. The van der Waals surface area contributed by atoms with Crippen LogP contribution >= 0.6 is 34.8 Å². The summed E-state index contributed by atoms with van der Waals surface area (Å²) in [6.07, 6.45) is 3.58. The largest absolute Gasteiger partial charge is 0.475 e. The van der Waals surface area contributed by atoms with Crippen molar-refractivity contribution in [2.24, 2.45) is 0 Å². The lowest BCUT2D eigenvalue weighted by atomic mass is 10.0. The fraction of sp³-hybridized carbons (Fsp3) is 0.333. The monoisotopic (exact) mass is 340 g/mol. The molecule has 1 aliphatic rings. The lowest BCUT2D eigenvalue weighted by Gasteiger charge is -2.24. The Bertz CT molecular complexity index is 615. The second-order valence-electron chi connectivity index (χ2n) is 4.28. The highest BCUT2D eigenvalue weighted by atomic mass is 35.5. The van der Waals surface area contributed by atoms with E-state index in [2.05, 4.69) is 0 Å². The van der Waals surface area contributed by atoms with Crippen LogP contribution in [0.5, 0.6) is 0 Å². The summed E-state index contributed by atoms with van der Waals surface area (Å²) in [5.74, 6) is 0. The maximum absolute atomic E-state index is 11.5. The standard InChI is InChI=1S/C12H11Cl3O3S/c1-19(16,17)11-4-2-3-10(18-11)7-5-8(13)12(15)9(14)6-7/h4-6,10H,2-3H2,1H3. The third-order valence-electron chi connectivity index (χ3n) is 2.74. The minimum atomic E-state index is -3.35. The summed E-state index contributed by atoms with van der Waals surface area (Å²) in [4.78, 5) is 0. The van der Waals surface area contributed by atoms with Gasteiger partial charge in [0.2, 0.25) is 14.9 Å². The first-order valence-electron chi connectivity index (χ1n) is 5.50. The molecule has 0 bridgehead atoms. The molecule has 0 N–H and O–H groups in total. The van der Waals surface area contributed by atoms with Crippen molar-refractivity contribution in [3.8, 4) is 0 Å². The van der Waals surface area contributed by atoms with Crippen molar-refractivity contribution in [1.82, 2.24) is 0 Å². The smallest absolute Gasteiger partial charge is 0.208 e. The van der Waals surface area contributed by atoms with Crippen LogP contribution in [0, 0.1) is 0 Å². The van der Waals surface area contributed by atoms with Crippen LogP contribution in [-0.4, -0.2) is 14.7 Å². The van der Waals surface area contributed by atoms with Crippen LogP contribution in [-0.2, 0) is 14.6 Å². The minimum absolute atomic E-state index is 0.00838. The van der Waals surface area contributed by atoms with Crippen molar-refractivity contribution in [3.63, 3.8) is 0 Å². The molecule has 104 valence electrons. The number of sulfone groups is 1. The van der Waals surface area contributed by atoms with Crippen LogP contribution in [0.25, 0.3) is 0 Å². The van der Waals surface area contributed by atoms with Gasteiger partial charge in [-0.25, -0.2) is 8.42 Å². The zero-order valence-corrected chi connectivity index (χ0v) is 13.1. The Kier molecular flexibility index (Phi) is 4.35. The molecule has 1 heterocycles. The molecule has 0 saturated heterocycles. The van der Waals surface area contributed by atoms with Gasteiger partial charge in [-0.1, -0.05) is 34.8 Å². The molecule has 1 aromatic rings. The van der Waals surface area contributed by atoms with E-state index in [1.54, 1.807) is 18.2 Å². The Hall–Kier alpha value is -0.420. The fourth-order valence-corrected chi connectivity index (χ4v) is 3.16. The van der Waals surface area contributed by atoms with Crippen molar-refractivity contribution in [2.45, 2.75) is 18.9 Å². The van der Waals surface area contributed by atoms with E-state index in [4.69, 9.17) is 39.5 Å². The number of allylic oxidation sites excluding steroid dienone is 1. The maximum Gasteiger partial charge on any atom is 0.208 e. The number of halogens is 3. The van der Waals surface area contributed by atoms with E-state index in [9.17, 15) is 8.42 Å². The molecular weight excluding hydrogens is 331 g/mol. The Morgan fingerprint density at radius 3 is 2.32 bits per heavy atom. The van der Waals surface area contributed by atoms with Gasteiger partial charge in [-0.15, -0.1) is 0 Å². The zero-order valence-electron chi connectivity index (χ0n) is 9.99. The summed E-state index contributed by atoms with van der Waals surface area (Å²) in [6, 6.07) is 3.29. The number of rotatable bonds is 2. The second-order valence-corrected chi connectivity index (χ2v) is 7.42. The highest BCUT2D eigenvalue weighted by Gasteiger charge is 2.25. The van der Waals surface area contributed by atoms with Gasteiger partial charge in [0.25, 0.3) is 0 Å². The molecule has 7 heteroatoms. The average molecular weight is 342 g/mol. The van der Waals surface area contributed by atoms with E-state index in [-0.39, 0.29) is 16.2 Å². The summed E-state index contributed by atoms with van der Waals surface area (Å²) in [5, 5.41) is 0.916. The van der Waals surface area contributed by atoms with Crippen molar-refractivity contribution in [3.05, 3.63) is 43.9 Å². The molecule has 0 aromatic heterocycles. The first kappa shape index (κ1) is 15.0. The van der Waals surface area contributed by atoms with E-state index < -0.39 is 9.84 Å². The zero-order chi connectivity index (χ0) is 14.2. The Morgan fingerprint density at radius 1 is 1.21 bits per heavy atom. The maximum atomic E-state index is 11.5. The van der Waals surface area contributed by atoms with Crippen LogP contribution in [0.1, 0.15) is 24.5 Å². The van der Waals surface area contributed by atoms with Crippen LogP contribution in [0.2, 0.25) is 15.1 Å². The first-order chi connectivity index (χ1) is 8.79. The van der Waals surface area contributed by atoms with Crippen molar-refractivity contribution < 1.29 is 13.2 Å². The second kappa shape index (κ2) is 5.52.